The molecule has 0 bridgehead atoms. The first-order chi connectivity index (χ1) is 9.91. The molecule has 0 saturated carbocycles. The Morgan fingerprint density at radius 1 is 1.38 bits per heavy atom. The molecule has 2 N–H and O–H groups in total. The molecule has 1 atom stereocenters. The number of hydrogen-bond acceptors (Lipinski definition) is 3. The van der Waals surface area contributed by atoms with Gasteiger partial charge in [-0.25, -0.2) is 13.2 Å². The summed E-state index contributed by atoms with van der Waals surface area (Å²) < 4.78 is 26.3. The molecule has 0 spiro atoms. The first-order valence-corrected chi connectivity index (χ1v) is 8.82. The highest BCUT2D eigenvalue weighted by molar-refractivity contribution is 7.92. The zero-order valence-corrected chi connectivity index (χ0v) is 13.2. The van der Waals surface area contributed by atoms with Crippen molar-refractivity contribution in [3.05, 3.63) is 24.3 Å². The highest BCUT2D eigenvalue weighted by atomic mass is 35.5. The van der Waals surface area contributed by atoms with Crippen LogP contribution >= 0.6 is 11.6 Å². The van der Waals surface area contributed by atoms with E-state index < -0.39 is 10.0 Å². The maximum Gasteiger partial charge on any atom is 0.321 e. The summed E-state index contributed by atoms with van der Waals surface area (Å²) in [6.07, 6.45) is 0. The largest absolute Gasteiger partial charge is 0.336 e. The zero-order valence-electron chi connectivity index (χ0n) is 11.7. The number of hydrogen-bond donors (Lipinski definition) is 2. The first kappa shape index (κ1) is 15.9. The summed E-state index contributed by atoms with van der Waals surface area (Å²) in [5, 5.41) is 2.71. The lowest BCUT2D eigenvalue weighted by atomic mass is 10.2. The van der Waals surface area contributed by atoms with E-state index in [1.54, 1.807) is 36.1 Å². The normalized spacial score (nSPS) is 16.7. The van der Waals surface area contributed by atoms with Crippen LogP contribution in [0.4, 0.5) is 16.2 Å². The van der Waals surface area contributed by atoms with Gasteiger partial charge in [-0.3, -0.25) is 9.62 Å². The van der Waals surface area contributed by atoms with E-state index in [2.05, 4.69) is 10.0 Å². The second-order valence-corrected chi connectivity index (χ2v) is 7.15. The highest BCUT2D eigenvalue weighted by Crippen LogP contribution is 2.20. The van der Waals surface area contributed by atoms with Gasteiger partial charge in [0.1, 0.15) is 0 Å². The van der Waals surface area contributed by atoms with Gasteiger partial charge >= 0.3 is 6.03 Å². The second-order valence-electron chi connectivity index (χ2n) is 5.07. The molecule has 0 aliphatic carbocycles. The van der Waals surface area contributed by atoms with Crippen molar-refractivity contribution in [3.63, 3.8) is 0 Å². The molecule has 1 aromatic rings. The summed E-state index contributed by atoms with van der Waals surface area (Å²) in [6.45, 7) is 3.00. The molecular formula is C13H18ClN3O3S. The number of rotatable bonds is 6. The SMILES string of the molecule is CC(CCl)CS(=O)(=O)Nc1ccc(N2CCNC2=O)cc1. The molecule has 1 heterocycles. The van der Waals surface area contributed by atoms with E-state index in [-0.39, 0.29) is 17.7 Å². The van der Waals surface area contributed by atoms with Crippen LogP contribution in [0.2, 0.25) is 0 Å². The molecule has 1 saturated heterocycles. The predicted octanol–water partition coefficient (Wildman–Crippen LogP) is 1.83. The third-order valence-electron chi connectivity index (χ3n) is 3.08. The van der Waals surface area contributed by atoms with Crippen molar-refractivity contribution < 1.29 is 13.2 Å². The fourth-order valence-corrected chi connectivity index (χ4v) is 3.75. The molecule has 116 valence electrons. The van der Waals surface area contributed by atoms with Gasteiger partial charge in [0.2, 0.25) is 10.0 Å². The van der Waals surface area contributed by atoms with E-state index in [9.17, 15) is 13.2 Å². The molecule has 6 nitrogen and oxygen atoms in total. The van der Waals surface area contributed by atoms with E-state index in [0.29, 0.717) is 24.7 Å². The summed E-state index contributed by atoms with van der Waals surface area (Å²) in [5.74, 6) is 0.160. The van der Waals surface area contributed by atoms with Crippen molar-refractivity contribution in [1.82, 2.24) is 5.32 Å². The van der Waals surface area contributed by atoms with Gasteiger partial charge in [-0.1, -0.05) is 6.92 Å². The first-order valence-electron chi connectivity index (χ1n) is 6.63. The fraction of sp³-hybridized carbons (Fsp3) is 0.462. The molecule has 1 aromatic carbocycles. The van der Waals surface area contributed by atoms with Gasteiger partial charge < -0.3 is 5.32 Å². The Bertz CT molecular complexity index is 604. The van der Waals surface area contributed by atoms with Crippen LogP contribution in [0.3, 0.4) is 0 Å². The van der Waals surface area contributed by atoms with Gasteiger partial charge in [0, 0.05) is 30.3 Å². The number of nitrogens with zero attached hydrogens (tertiary/aromatic N) is 1. The summed E-state index contributed by atoms with van der Waals surface area (Å²) >= 11 is 5.63. The summed E-state index contributed by atoms with van der Waals surface area (Å²) in [5.41, 5.74) is 1.21. The van der Waals surface area contributed by atoms with Crippen molar-refractivity contribution in [1.29, 1.82) is 0 Å². The van der Waals surface area contributed by atoms with Gasteiger partial charge in [0.15, 0.2) is 0 Å². The summed E-state index contributed by atoms with van der Waals surface area (Å²) in [6, 6.07) is 6.58. The molecule has 1 fully saturated rings. The fourth-order valence-electron chi connectivity index (χ4n) is 2.07. The Balaban J connectivity index is 2.04. The predicted molar refractivity (Wildman–Crippen MR) is 84.5 cm³/mol. The van der Waals surface area contributed by atoms with E-state index in [1.165, 1.54) is 0 Å². The van der Waals surface area contributed by atoms with Crippen LogP contribution < -0.4 is 14.9 Å². The molecule has 2 rings (SSSR count). The number of halogens is 1. The van der Waals surface area contributed by atoms with Crippen LogP contribution in [-0.2, 0) is 10.0 Å². The molecule has 1 unspecified atom stereocenters. The van der Waals surface area contributed by atoms with Gasteiger partial charge in [-0.05, 0) is 30.2 Å². The number of anilines is 2. The zero-order chi connectivity index (χ0) is 15.5. The van der Waals surface area contributed by atoms with Gasteiger partial charge in [0.05, 0.1) is 5.75 Å². The molecule has 1 aliphatic heterocycles. The van der Waals surface area contributed by atoms with Crippen LogP contribution in [0.15, 0.2) is 24.3 Å². The van der Waals surface area contributed by atoms with Crippen molar-refractivity contribution in [2.24, 2.45) is 5.92 Å². The van der Waals surface area contributed by atoms with Crippen LogP contribution in [-0.4, -0.2) is 39.2 Å². The highest BCUT2D eigenvalue weighted by Gasteiger charge is 2.21. The minimum Gasteiger partial charge on any atom is -0.336 e. The Labute approximate surface area is 129 Å². The lowest BCUT2D eigenvalue weighted by molar-refractivity contribution is 0.252. The van der Waals surface area contributed by atoms with E-state index >= 15 is 0 Å². The maximum atomic E-state index is 11.9. The Morgan fingerprint density at radius 2 is 2.05 bits per heavy atom. The van der Waals surface area contributed by atoms with Gasteiger partial charge in [-0.2, -0.15) is 0 Å². The topological polar surface area (TPSA) is 78.5 Å². The maximum absolute atomic E-state index is 11.9. The Hall–Kier alpha value is -1.47. The van der Waals surface area contributed by atoms with Crippen LogP contribution in [0.25, 0.3) is 0 Å². The lowest BCUT2D eigenvalue weighted by Crippen LogP contribution is -2.27. The quantitative estimate of drug-likeness (QED) is 0.781. The Morgan fingerprint density at radius 3 is 2.57 bits per heavy atom. The number of carbonyl (C=O) groups excluding carboxylic acids is 1. The van der Waals surface area contributed by atoms with E-state index in [1.807, 2.05) is 0 Å². The van der Waals surface area contributed by atoms with Crippen molar-refractivity contribution in [3.8, 4) is 0 Å². The van der Waals surface area contributed by atoms with Gasteiger partial charge in [-0.15, -0.1) is 11.6 Å². The van der Waals surface area contributed by atoms with Crippen molar-refractivity contribution >= 4 is 39.0 Å². The molecule has 0 radical (unpaired) electrons. The summed E-state index contributed by atoms with van der Waals surface area (Å²) in [7, 11) is -3.42. The molecule has 1 aliphatic rings. The van der Waals surface area contributed by atoms with Crippen molar-refractivity contribution in [2.45, 2.75) is 6.92 Å². The minimum atomic E-state index is -3.42. The lowest BCUT2D eigenvalue weighted by Gasteiger charge is -2.15. The molecular weight excluding hydrogens is 314 g/mol. The number of benzene rings is 1. The standard InChI is InChI=1S/C13H18ClN3O3S/c1-10(8-14)9-21(19,20)16-11-2-4-12(5-3-11)17-7-6-15-13(17)18/h2-5,10,16H,6-9H2,1H3,(H,15,18). The molecule has 2 amide bonds. The average molecular weight is 332 g/mol. The van der Waals surface area contributed by atoms with Gasteiger partial charge in [0.25, 0.3) is 0 Å². The monoisotopic (exact) mass is 331 g/mol. The van der Waals surface area contributed by atoms with Crippen LogP contribution in [0.5, 0.6) is 0 Å². The average Bonchev–Trinajstić information content (AvgIpc) is 2.85. The Kier molecular flexibility index (Phi) is 4.95. The number of alkyl halides is 1. The second kappa shape index (κ2) is 6.53. The third kappa shape index (κ3) is 4.25. The van der Waals surface area contributed by atoms with Crippen LogP contribution in [0, 0.1) is 5.92 Å². The summed E-state index contributed by atoms with van der Waals surface area (Å²) in [4.78, 5) is 13.1. The van der Waals surface area contributed by atoms with Crippen LogP contribution in [0.1, 0.15) is 6.92 Å². The number of carbonyl (C=O) groups is 1. The number of sulfonamides is 1. The minimum absolute atomic E-state index is 0.0210. The number of nitrogens with one attached hydrogen (secondary N) is 2. The van der Waals surface area contributed by atoms with E-state index in [4.69, 9.17) is 11.6 Å². The molecule has 21 heavy (non-hydrogen) atoms. The van der Waals surface area contributed by atoms with Crippen molar-refractivity contribution in [2.75, 3.05) is 34.3 Å². The number of urea groups is 1. The number of amides is 2. The third-order valence-corrected chi connectivity index (χ3v) is 5.16. The molecule has 8 heteroatoms. The van der Waals surface area contributed by atoms with E-state index in [0.717, 1.165) is 5.69 Å². The smallest absolute Gasteiger partial charge is 0.321 e. The molecule has 0 aromatic heterocycles.